The van der Waals surface area contributed by atoms with E-state index in [-0.39, 0.29) is 37.5 Å². The largest absolute Gasteiger partial charge is 0.462 e. The zero-order valence-electron chi connectivity index (χ0n) is 44.0. The molecular weight excluding hydrogens is 817 g/mol. The third-order valence-corrected chi connectivity index (χ3v) is 12.6. The maximum Gasteiger partial charge on any atom is 0.306 e. The van der Waals surface area contributed by atoms with E-state index >= 15 is 0 Å². The minimum Gasteiger partial charge on any atom is -0.462 e. The summed E-state index contributed by atoms with van der Waals surface area (Å²) in [6.45, 7) is 6.60. The molecule has 0 aliphatic heterocycles. The van der Waals surface area contributed by atoms with E-state index in [0.29, 0.717) is 19.3 Å². The van der Waals surface area contributed by atoms with E-state index in [1.807, 2.05) is 0 Å². The second-order valence-electron chi connectivity index (χ2n) is 19.2. The number of hydrogen-bond donors (Lipinski definition) is 0. The second kappa shape index (κ2) is 55.0. The molecule has 0 saturated heterocycles. The van der Waals surface area contributed by atoms with Crippen LogP contribution in [-0.4, -0.2) is 37.2 Å². The Labute approximate surface area is 409 Å². The molecule has 66 heavy (non-hydrogen) atoms. The second-order valence-corrected chi connectivity index (χ2v) is 19.2. The van der Waals surface area contributed by atoms with Crippen LogP contribution in [0.25, 0.3) is 0 Å². The molecule has 0 bridgehead atoms. The van der Waals surface area contributed by atoms with Gasteiger partial charge in [-0.15, -0.1) is 0 Å². The van der Waals surface area contributed by atoms with E-state index in [4.69, 9.17) is 14.2 Å². The van der Waals surface area contributed by atoms with Crippen molar-refractivity contribution in [3.63, 3.8) is 0 Å². The van der Waals surface area contributed by atoms with Crippen molar-refractivity contribution in [2.24, 2.45) is 0 Å². The predicted molar refractivity (Wildman–Crippen MR) is 284 cm³/mol. The molecule has 0 rings (SSSR count). The van der Waals surface area contributed by atoms with Crippen LogP contribution in [0.15, 0.2) is 48.6 Å². The molecule has 0 aromatic heterocycles. The molecule has 0 aromatic carbocycles. The number of allylic oxidation sites excluding steroid dienone is 8. The molecule has 384 valence electrons. The fourth-order valence-electron chi connectivity index (χ4n) is 8.26. The van der Waals surface area contributed by atoms with Crippen molar-refractivity contribution < 1.29 is 28.6 Å². The number of hydrogen-bond acceptors (Lipinski definition) is 6. The average molecular weight is 926 g/mol. The van der Waals surface area contributed by atoms with E-state index in [2.05, 4.69) is 69.4 Å². The number of esters is 3. The highest BCUT2D eigenvalue weighted by Gasteiger charge is 2.19. The first kappa shape index (κ1) is 63.4. The predicted octanol–water partition coefficient (Wildman–Crippen LogP) is 19.0. The molecule has 1 atom stereocenters. The Kier molecular flexibility index (Phi) is 52.8. The van der Waals surface area contributed by atoms with Gasteiger partial charge >= 0.3 is 17.9 Å². The van der Waals surface area contributed by atoms with Crippen LogP contribution >= 0.6 is 0 Å². The zero-order valence-corrected chi connectivity index (χ0v) is 44.0. The van der Waals surface area contributed by atoms with Crippen LogP contribution in [0.2, 0.25) is 0 Å². The SMILES string of the molecule is CCCCC/C=C/C/C=C/C/C=C/C/C=C/CCCC(=O)O[C@H](COC(=O)CCCCCCCCCCCCCCC)COC(=O)CCCCCCCCCCCCCCCCCCCC. The van der Waals surface area contributed by atoms with Gasteiger partial charge in [-0.05, 0) is 57.8 Å². The summed E-state index contributed by atoms with van der Waals surface area (Å²) >= 11 is 0. The summed E-state index contributed by atoms with van der Waals surface area (Å²) < 4.78 is 16.8. The molecule has 0 spiro atoms. The molecule has 0 aliphatic carbocycles. The molecular formula is C60H108O6. The van der Waals surface area contributed by atoms with E-state index in [0.717, 1.165) is 64.2 Å². The quantitative estimate of drug-likeness (QED) is 0.0262. The van der Waals surface area contributed by atoms with Crippen molar-refractivity contribution in [1.82, 2.24) is 0 Å². The Morgan fingerprint density at radius 2 is 0.561 bits per heavy atom. The van der Waals surface area contributed by atoms with Crippen LogP contribution in [0.3, 0.4) is 0 Å². The van der Waals surface area contributed by atoms with Gasteiger partial charge in [-0.25, -0.2) is 0 Å². The van der Waals surface area contributed by atoms with Gasteiger partial charge in [-0.2, -0.15) is 0 Å². The molecule has 0 heterocycles. The van der Waals surface area contributed by atoms with Gasteiger partial charge in [0.25, 0.3) is 0 Å². The van der Waals surface area contributed by atoms with Gasteiger partial charge < -0.3 is 14.2 Å². The first-order valence-electron chi connectivity index (χ1n) is 28.6. The Morgan fingerprint density at radius 1 is 0.303 bits per heavy atom. The van der Waals surface area contributed by atoms with Crippen LogP contribution in [0.4, 0.5) is 0 Å². The summed E-state index contributed by atoms with van der Waals surface area (Å²) in [5.74, 6) is -0.931. The monoisotopic (exact) mass is 925 g/mol. The zero-order chi connectivity index (χ0) is 47.9. The summed E-state index contributed by atoms with van der Waals surface area (Å²) in [6.07, 6.45) is 66.8. The molecule has 0 saturated carbocycles. The molecule has 0 radical (unpaired) electrons. The Hall–Kier alpha value is -2.63. The lowest BCUT2D eigenvalue weighted by Gasteiger charge is -2.18. The van der Waals surface area contributed by atoms with E-state index in [1.54, 1.807) is 0 Å². The molecule has 6 nitrogen and oxygen atoms in total. The van der Waals surface area contributed by atoms with Gasteiger partial charge in [0, 0.05) is 19.3 Å². The summed E-state index contributed by atoms with van der Waals surface area (Å²) in [5.41, 5.74) is 0. The fourth-order valence-corrected chi connectivity index (χ4v) is 8.26. The molecule has 0 aliphatic rings. The Bertz CT molecular complexity index is 1150. The lowest BCUT2D eigenvalue weighted by Crippen LogP contribution is -2.30. The topological polar surface area (TPSA) is 78.9 Å². The lowest BCUT2D eigenvalue weighted by atomic mass is 10.0. The molecule has 0 unspecified atom stereocenters. The standard InChI is InChI=1S/C60H108O6/c1-4-7-10-13-16-19-22-25-27-29-31-32-35-38-41-44-47-50-53-59(62)65-56-57(55-64-58(61)52-49-46-43-40-37-34-24-21-18-15-12-9-6-3)66-60(63)54-51-48-45-42-39-36-33-30-28-26-23-20-17-14-11-8-5-2/h17,20,26,28,33,36,42,45,57H,4-16,18-19,21-25,27,29-32,34-35,37-41,43-44,46-56H2,1-3H3/b20-17+,28-26+,36-33+,45-42+/t57-/m1/s1. The minimum atomic E-state index is -0.797. The smallest absolute Gasteiger partial charge is 0.306 e. The van der Waals surface area contributed by atoms with Crippen LogP contribution in [0.1, 0.15) is 297 Å². The lowest BCUT2D eigenvalue weighted by molar-refractivity contribution is -0.167. The highest BCUT2D eigenvalue weighted by atomic mass is 16.6. The van der Waals surface area contributed by atoms with Gasteiger partial charge in [0.15, 0.2) is 6.10 Å². The Morgan fingerprint density at radius 3 is 0.894 bits per heavy atom. The van der Waals surface area contributed by atoms with Gasteiger partial charge in [-0.1, -0.05) is 268 Å². The number of carbonyl (C=O) groups excluding carboxylic acids is 3. The van der Waals surface area contributed by atoms with Crippen LogP contribution in [-0.2, 0) is 28.6 Å². The summed E-state index contributed by atoms with van der Waals surface area (Å²) in [7, 11) is 0. The van der Waals surface area contributed by atoms with Gasteiger partial charge in [-0.3, -0.25) is 14.4 Å². The summed E-state index contributed by atoms with van der Waals surface area (Å²) in [5, 5.41) is 0. The first-order valence-corrected chi connectivity index (χ1v) is 28.6. The van der Waals surface area contributed by atoms with E-state index in [1.165, 1.54) is 186 Å². The molecule has 0 amide bonds. The van der Waals surface area contributed by atoms with Crippen LogP contribution in [0.5, 0.6) is 0 Å². The van der Waals surface area contributed by atoms with Gasteiger partial charge in [0.05, 0.1) is 0 Å². The van der Waals surface area contributed by atoms with E-state index < -0.39 is 6.10 Å². The van der Waals surface area contributed by atoms with Crippen molar-refractivity contribution in [3.05, 3.63) is 48.6 Å². The first-order chi connectivity index (χ1) is 32.5. The third kappa shape index (κ3) is 52.3. The maximum atomic E-state index is 12.8. The normalized spacial score (nSPS) is 12.3. The summed E-state index contributed by atoms with van der Waals surface area (Å²) in [4.78, 5) is 38.1. The number of unbranched alkanes of at least 4 members (excludes halogenated alkanes) is 33. The van der Waals surface area contributed by atoms with Crippen molar-refractivity contribution >= 4 is 17.9 Å². The molecule has 0 fully saturated rings. The van der Waals surface area contributed by atoms with Crippen LogP contribution < -0.4 is 0 Å². The van der Waals surface area contributed by atoms with E-state index in [9.17, 15) is 14.4 Å². The minimum absolute atomic E-state index is 0.0905. The number of ether oxygens (including phenoxy) is 3. The summed E-state index contributed by atoms with van der Waals surface area (Å²) in [6, 6.07) is 0. The van der Waals surface area contributed by atoms with Gasteiger partial charge in [0.1, 0.15) is 13.2 Å². The van der Waals surface area contributed by atoms with Crippen molar-refractivity contribution in [2.45, 2.75) is 303 Å². The molecule has 6 heteroatoms. The van der Waals surface area contributed by atoms with Crippen molar-refractivity contribution in [1.29, 1.82) is 0 Å². The Balaban J connectivity index is 4.41. The van der Waals surface area contributed by atoms with Crippen molar-refractivity contribution in [2.75, 3.05) is 13.2 Å². The highest BCUT2D eigenvalue weighted by molar-refractivity contribution is 5.71. The average Bonchev–Trinajstić information content (AvgIpc) is 3.31. The fraction of sp³-hybridized carbons (Fsp3) is 0.817. The van der Waals surface area contributed by atoms with Gasteiger partial charge in [0.2, 0.25) is 0 Å². The molecule has 0 aromatic rings. The number of carbonyl (C=O) groups is 3. The maximum absolute atomic E-state index is 12.8. The highest BCUT2D eigenvalue weighted by Crippen LogP contribution is 2.16. The number of rotatable bonds is 52. The molecule has 0 N–H and O–H groups in total. The van der Waals surface area contributed by atoms with Crippen LogP contribution in [0, 0.1) is 0 Å². The third-order valence-electron chi connectivity index (χ3n) is 12.6. The van der Waals surface area contributed by atoms with Crippen molar-refractivity contribution in [3.8, 4) is 0 Å².